The predicted octanol–water partition coefficient (Wildman–Crippen LogP) is 26.9. The molecule has 0 radical (unpaired) electrons. The second-order valence-electron chi connectivity index (χ2n) is 37.8. The lowest BCUT2D eigenvalue weighted by atomic mass is 9.81. The maximum atomic E-state index is 13.0. The van der Waals surface area contributed by atoms with E-state index in [2.05, 4.69) is 180 Å². The number of hydrogen-bond donors (Lipinski definition) is 3. The Labute approximate surface area is 848 Å². The minimum absolute atomic E-state index is 0.250. The fraction of sp³-hybridized carbons (Fsp3) is 0.390. The van der Waals surface area contributed by atoms with Crippen LogP contribution in [0, 0.1) is 46.5 Å². The number of piperidine rings is 2. The van der Waals surface area contributed by atoms with Crippen molar-refractivity contribution in [2.24, 2.45) is 11.8 Å². The minimum atomic E-state index is -2.29. The van der Waals surface area contributed by atoms with Gasteiger partial charge >= 0.3 is 27.6 Å². The molecule has 3 N–H and O–H groups in total. The van der Waals surface area contributed by atoms with E-state index < -0.39 is 60.8 Å². The smallest absolute Gasteiger partial charge is 0.496 e. The number of nitrogens with zero attached hydrogens (tertiary/aromatic N) is 6. The maximum absolute atomic E-state index is 13.0. The van der Waals surface area contributed by atoms with Crippen LogP contribution in [0.15, 0.2) is 227 Å². The summed E-state index contributed by atoms with van der Waals surface area (Å²) >= 11 is 13.4. The third-order valence-electron chi connectivity index (χ3n) is 21.2. The Kier molecular flexibility index (Phi) is 47.2. The van der Waals surface area contributed by atoms with Gasteiger partial charge in [-0.05, 0) is 326 Å². The lowest BCUT2D eigenvalue weighted by Crippen LogP contribution is -2.36. The molecule has 2 fully saturated rings. The van der Waals surface area contributed by atoms with Crippen LogP contribution in [0.25, 0.3) is 44.3 Å². The molecule has 5 aromatic heterocycles. The third-order valence-corrected chi connectivity index (χ3v) is 28.3. The molecule has 32 heteroatoms. The standard InChI is InChI=1S/C30H41N2O4P.C16H19NO4.C14H22NOP.C14H16NOP.C12H10BrN.C6H6BBrO2.C6H6BrN.C4H10O3P.C3H9BrSi/c1-20-13-15-31(26(17-20)22-9-11-23(12-10-22)37(7,8)34)19-25-24-14-16-32(29(33)36-30(3,4)5)28(24)21(2)18-27(25)35-6;1-10-8-13(20-5)12(9-18)11-6-7-17(14(10)11)15(19)21-16(2,3)4;2*1-11-8-9-15-14(10-11)12-4-6-13(7-5-12)17(2,3)16;1-9-6-7-14-12(8-9)10-2-4-11(13)5-3-10;8-6-3-1-5(2-4-6)7(9)10;1-5-2-3-8-6(7)4-5;1-3-6-8(5)7-4-2;1-5(2,3)4/h9-12,14,16,18,20,26H,13,15,17,19H2,1-8H3;6-9H,1-5H3;4-7,11,14-15H,8-10H2,1-3H3;4-10H,1-3H3;2-8H,1H3;1-4,9-10H;2-4H,1H3;3-4H2,1-2H3;1-3H3/q;;;;;;;+1;. The molecule has 0 saturated carbocycles. The number of rotatable bonds is 17. The van der Waals surface area contributed by atoms with E-state index in [1.165, 1.54) is 52.3 Å². The lowest BCUT2D eigenvalue weighted by Gasteiger charge is -2.39. The van der Waals surface area contributed by atoms with Crippen LogP contribution in [0.5, 0.6) is 11.5 Å². The number of nitrogens with one attached hydrogen (secondary N) is 1. The van der Waals surface area contributed by atoms with Crippen LogP contribution in [-0.4, -0.2) is 163 Å². The molecule has 137 heavy (non-hydrogen) atoms. The highest BCUT2D eigenvalue weighted by Crippen LogP contribution is 2.43. The van der Waals surface area contributed by atoms with Crippen molar-refractivity contribution >= 4 is 168 Å². The fourth-order valence-corrected chi connectivity index (χ4v) is 18.6. The molecule has 22 nitrogen and oxygen atoms in total. The molecule has 2 saturated heterocycles. The van der Waals surface area contributed by atoms with Gasteiger partial charge in [0.25, 0.3) is 0 Å². The largest absolute Gasteiger partial charge is 0.697 e. The average Bonchev–Trinajstić information content (AvgIpc) is 1.64. The summed E-state index contributed by atoms with van der Waals surface area (Å²) in [6.07, 6.45) is 13.4. The number of halogens is 4. The molecule has 4 unspecified atom stereocenters. The van der Waals surface area contributed by atoms with Crippen LogP contribution in [0.3, 0.4) is 0 Å². The van der Waals surface area contributed by atoms with Crippen molar-refractivity contribution < 1.29 is 70.7 Å². The molecule has 2 aliphatic rings. The molecular weight excluding hydrogens is 2080 g/mol. The molecule has 0 spiro atoms. The van der Waals surface area contributed by atoms with Gasteiger partial charge in [-0.1, -0.05) is 162 Å². The molecule has 0 amide bonds. The lowest BCUT2D eigenvalue weighted by molar-refractivity contribution is 0.0533. The molecule has 4 atom stereocenters. The number of carbonyl (C=O) groups is 3. The number of benzene rings is 7. The number of likely N-dealkylation sites (tertiary alicyclic amines) is 1. The fourth-order valence-electron chi connectivity index (χ4n) is 14.4. The van der Waals surface area contributed by atoms with Crippen LogP contribution >= 0.6 is 92.8 Å². The summed E-state index contributed by atoms with van der Waals surface area (Å²) in [5.74, 6) is 2.75. The van der Waals surface area contributed by atoms with E-state index >= 15 is 0 Å². The van der Waals surface area contributed by atoms with E-state index in [1.807, 2.05) is 211 Å². The van der Waals surface area contributed by atoms with E-state index in [9.17, 15) is 32.6 Å². The summed E-state index contributed by atoms with van der Waals surface area (Å²) in [4.78, 5) is 51.7. The van der Waals surface area contributed by atoms with Crippen LogP contribution in [0.1, 0.15) is 162 Å². The Bertz CT molecular complexity index is 6030. The van der Waals surface area contributed by atoms with Crippen LogP contribution in [0.4, 0.5) is 9.59 Å². The zero-order chi connectivity index (χ0) is 102. The maximum Gasteiger partial charge on any atom is 0.697 e. The molecule has 2 aliphatic heterocycles. The number of fused-ring (bicyclic) bond motifs is 2. The van der Waals surface area contributed by atoms with Gasteiger partial charge in [0.2, 0.25) is 0 Å². The van der Waals surface area contributed by atoms with Crippen LogP contribution < -0.4 is 36.2 Å². The van der Waals surface area contributed by atoms with E-state index in [0.29, 0.717) is 59.4 Å². The van der Waals surface area contributed by atoms with Gasteiger partial charge in [-0.15, -0.1) is 24.3 Å². The van der Waals surface area contributed by atoms with E-state index in [1.54, 1.807) is 93.8 Å². The summed E-state index contributed by atoms with van der Waals surface area (Å²) in [7, 11) is -6.54. The number of methoxy groups -OCH3 is 2. The molecular formula is C105H139BBr4N7O15P4Si+. The highest BCUT2D eigenvalue weighted by Gasteiger charge is 2.32. The highest BCUT2D eigenvalue weighted by molar-refractivity contribution is 9.26. The Morgan fingerprint density at radius 2 is 0.942 bits per heavy atom. The first-order chi connectivity index (χ1) is 64.0. The molecule has 14 rings (SSSR count). The SMILES string of the molecule is CC1CCNC(c2ccc(P(C)(C)=O)cc2)C1.CCO[P+](=O)OCC.COc1cc(C)c2c(ccn2C(=O)OC(C)(C)C)c1C=O.COc1cc(C)c2c(ccn2C(=O)OC(C)(C)C)c1CN1CCC(C)CC1c1ccc(P(C)(C)=O)cc1.C[Si](C)(C)Br.Cc1ccnc(-c2ccc(Br)cc2)c1.Cc1ccnc(-c2ccc(P(C)(C)=O)cc2)c1.Cc1ccnc(Br)c1.OB(O)c1ccc(Br)cc1. The quantitative estimate of drug-likeness (QED) is 0.0251. The van der Waals surface area contributed by atoms with E-state index in [0.717, 1.165) is 123 Å². The van der Waals surface area contributed by atoms with Crippen molar-refractivity contribution in [3.05, 3.63) is 277 Å². The van der Waals surface area contributed by atoms with Gasteiger partial charge in [-0.25, -0.2) is 14.6 Å². The molecule has 7 heterocycles. The van der Waals surface area contributed by atoms with Crippen molar-refractivity contribution in [1.82, 2.24) is 34.3 Å². The normalized spacial score (nSPS) is 14.8. The van der Waals surface area contributed by atoms with E-state index in [4.69, 9.17) is 29.0 Å². The van der Waals surface area contributed by atoms with Crippen LogP contribution in [-0.2, 0) is 43.3 Å². The number of aromatic nitrogens is 5. The topological polar surface area (TPSA) is 279 Å². The predicted molar refractivity (Wildman–Crippen MR) is 586 cm³/mol. The summed E-state index contributed by atoms with van der Waals surface area (Å²) in [5.41, 5.74) is 14.6. The molecule has 12 aromatic rings. The summed E-state index contributed by atoms with van der Waals surface area (Å²) in [5, 5.41) is 25.3. The summed E-state index contributed by atoms with van der Waals surface area (Å²) < 4.78 is 84.0. The van der Waals surface area contributed by atoms with Crippen molar-refractivity contribution in [1.29, 1.82) is 0 Å². The Morgan fingerprint density at radius 1 is 0.547 bits per heavy atom. The number of aryl methyl sites for hydroxylation is 5. The average molecular weight is 2220 g/mol. The number of aldehydes is 1. The number of carbonyl (C=O) groups excluding carboxylic acids is 3. The summed E-state index contributed by atoms with van der Waals surface area (Å²) in [6, 6.07) is 59.7. The Hall–Kier alpha value is -7.97. The Balaban J connectivity index is 0.000000251. The monoisotopic (exact) mass is 2220 g/mol. The van der Waals surface area contributed by atoms with Crippen molar-refractivity contribution in [2.75, 3.05) is 80.5 Å². The van der Waals surface area contributed by atoms with Crippen LogP contribution in [0.2, 0.25) is 19.6 Å². The number of hydrogen-bond acceptors (Lipinski definition) is 20. The van der Waals surface area contributed by atoms with Gasteiger partial charge in [0.1, 0.15) is 68.6 Å². The second kappa shape index (κ2) is 54.9. The third kappa shape index (κ3) is 40.2. The first-order valence-electron chi connectivity index (χ1n) is 45.5. The van der Waals surface area contributed by atoms with Gasteiger partial charge in [0, 0.05) is 106 Å². The second-order valence-corrected chi connectivity index (χ2v) is 62.4. The van der Waals surface area contributed by atoms with Gasteiger partial charge in [0.05, 0.1) is 42.2 Å². The number of ether oxygens (including phenoxy) is 4. The van der Waals surface area contributed by atoms with E-state index in [-0.39, 0.29) is 12.1 Å². The number of pyridine rings is 3. The molecule has 7 aromatic carbocycles. The first kappa shape index (κ1) is 118. The highest BCUT2D eigenvalue weighted by atomic mass is 79.9. The van der Waals surface area contributed by atoms with Gasteiger partial charge in [0.15, 0.2) is 6.29 Å². The zero-order valence-electron chi connectivity index (χ0n) is 84.2. The van der Waals surface area contributed by atoms with Gasteiger partial charge in [-0.3, -0.25) is 28.8 Å². The van der Waals surface area contributed by atoms with Crippen molar-refractivity contribution in [3.63, 3.8) is 0 Å². The van der Waals surface area contributed by atoms with Gasteiger partial charge < -0.3 is 48.0 Å². The Morgan fingerprint density at radius 3 is 1.33 bits per heavy atom. The van der Waals surface area contributed by atoms with Crippen molar-refractivity contribution in [2.45, 2.75) is 179 Å². The minimum Gasteiger partial charge on any atom is -0.496 e. The molecule has 0 aliphatic carbocycles. The zero-order valence-corrected chi connectivity index (χ0v) is 95.1. The summed E-state index contributed by atoms with van der Waals surface area (Å²) in [6.45, 7) is 49.7. The van der Waals surface area contributed by atoms with Gasteiger partial charge in [-0.2, -0.15) is 0 Å². The molecule has 738 valence electrons. The first-order valence-corrected chi connectivity index (χ1v) is 62.5. The van der Waals surface area contributed by atoms with Crippen molar-refractivity contribution in [3.8, 4) is 34.0 Å². The molecule has 0 bridgehead atoms.